The number of aromatic nitrogens is 3. The van der Waals surface area contributed by atoms with Crippen LogP contribution in [-0.2, 0) is 40.3 Å². The summed E-state index contributed by atoms with van der Waals surface area (Å²) in [6.45, 7) is 7.29. The molecule has 24 heteroatoms. The number of rotatable bonds is 15. The van der Waals surface area contributed by atoms with Gasteiger partial charge in [0.25, 0.3) is 0 Å². The number of carboxylic acids is 1. The van der Waals surface area contributed by atoms with Crippen LogP contribution in [0.25, 0.3) is 5.69 Å². The molecule has 0 saturated heterocycles. The summed E-state index contributed by atoms with van der Waals surface area (Å²) in [5, 5.41) is 14.6. The van der Waals surface area contributed by atoms with Crippen LogP contribution < -0.4 is 26.2 Å². The number of nitrogens with two attached hydrogens (primary N) is 1. The number of esters is 1. The van der Waals surface area contributed by atoms with Crippen molar-refractivity contribution in [2.24, 2.45) is 5.73 Å². The van der Waals surface area contributed by atoms with E-state index in [4.69, 9.17) is 62.7 Å². The number of alkyl halides is 3. The Balaban J connectivity index is 0.000000288. The Kier molecular flexibility index (Phi) is 19.7. The number of urea groups is 1. The number of nitrogens with zero attached hydrogens (tertiary/aromatic N) is 4. The van der Waals surface area contributed by atoms with E-state index < -0.39 is 54.6 Å². The highest BCUT2D eigenvalue weighted by molar-refractivity contribution is 7.57. The molecule has 4 unspecified atom stereocenters. The summed E-state index contributed by atoms with van der Waals surface area (Å²) in [6, 6.07) is 13.6. The van der Waals surface area contributed by atoms with Gasteiger partial charge in [-0.05, 0) is 73.7 Å². The second kappa shape index (κ2) is 23.5. The summed E-state index contributed by atoms with van der Waals surface area (Å²) >= 11 is 11.9. The Morgan fingerprint density at radius 1 is 1.09 bits per heavy atom. The van der Waals surface area contributed by atoms with Crippen molar-refractivity contribution in [1.29, 1.82) is 0 Å². The standard InChI is InChI=1S/C22H28N2O5.C15H14Cl2F3N3O3.C5H12NO4P/c1-21(2)14-22(3,26-5)29-19-13-17(11-12-18(19)21)28-16-9-7-15(8-10-16)23-20(25)24(4)27-6;1-3-26-13(24)10(17)4-8-5-12(11(18)6-9(8)16)23-15(25)22(14(19)20)7(2)21-23;1-11(9,10)3-2-4(6)5(7)8/h7-13H,14H2,1-6H3,(H,23,25);5-6,10,14H,3-4H2,1-2H3;4H,2-3,6H2,1H3,(H,7,8)(H,9,10). The number of carbonyl (C=O) groups excluding carboxylic acids is 2. The molecule has 0 radical (unpaired) electrons. The van der Waals surface area contributed by atoms with Gasteiger partial charge in [0.15, 0.2) is 13.2 Å². The molecule has 2 heterocycles. The first-order chi connectivity index (χ1) is 30.6. The summed E-state index contributed by atoms with van der Waals surface area (Å²) in [5.74, 6) is -1.67. The molecule has 2 amide bonds. The van der Waals surface area contributed by atoms with Gasteiger partial charge in [0.2, 0.25) is 5.79 Å². The number of anilines is 1. The van der Waals surface area contributed by atoms with E-state index in [1.54, 1.807) is 38.3 Å². The number of benzene rings is 3. The molecule has 0 bridgehead atoms. The van der Waals surface area contributed by atoms with Gasteiger partial charge in [-0.2, -0.15) is 13.5 Å². The van der Waals surface area contributed by atoms with Gasteiger partial charge >= 0.3 is 30.2 Å². The van der Waals surface area contributed by atoms with Crippen molar-refractivity contribution in [1.82, 2.24) is 19.4 Å². The third-order valence-corrected chi connectivity index (χ3v) is 11.5. The lowest BCUT2D eigenvalue weighted by atomic mass is 9.76. The van der Waals surface area contributed by atoms with E-state index in [9.17, 15) is 36.9 Å². The SMILES string of the molecule is CCOC(=O)C(Cl)Cc1cc(-n2nc(C)n(C(F)F)c2=O)c(F)cc1Cl.CON(C)C(=O)Nc1ccc(Oc2ccc3c(c2)OC(C)(OC)CC3(C)C)cc1.CP(=O)(O)CCC(N)C(=O)O. The zero-order chi connectivity index (χ0) is 49.9. The number of fused-ring (bicyclic) bond motifs is 1. The van der Waals surface area contributed by atoms with Crippen LogP contribution in [-0.4, -0.2) is 105 Å². The average molecular weight is 994 g/mol. The average Bonchev–Trinajstić information content (AvgIpc) is 3.53. The maximum absolute atomic E-state index is 14.2. The molecular formula is C42H54Cl2F3N6O12P. The largest absolute Gasteiger partial charge is 0.480 e. The Bertz CT molecular complexity index is 2440. The second-order valence-electron chi connectivity index (χ2n) is 15.6. The predicted octanol–water partition coefficient (Wildman–Crippen LogP) is 7.86. The monoisotopic (exact) mass is 992 g/mol. The minimum absolute atomic E-state index is 0.0412. The summed E-state index contributed by atoms with van der Waals surface area (Å²) < 4.78 is 73.8. The van der Waals surface area contributed by atoms with E-state index in [1.807, 2.05) is 25.1 Å². The van der Waals surface area contributed by atoms with Crippen LogP contribution in [0.2, 0.25) is 5.02 Å². The van der Waals surface area contributed by atoms with Gasteiger partial charge < -0.3 is 40.0 Å². The minimum atomic E-state index is -3.12. The van der Waals surface area contributed by atoms with Crippen LogP contribution >= 0.6 is 30.6 Å². The van der Waals surface area contributed by atoms with Crippen molar-refractivity contribution in [2.75, 3.05) is 46.0 Å². The van der Waals surface area contributed by atoms with Crippen molar-refractivity contribution < 1.29 is 65.9 Å². The van der Waals surface area contributed by atoms with E-state index in [0.717, 1.165) is 34.9 Å². The maximum Gasteiger partial charge on any atom is 0.355 e. The number of carbonyl (C=O) groups is 3. The fourth-order valence-corrected chi connectivity index (χ4v) is 7.50. The van der Waals surface area contributed by atoms with Gasteiger partial charge in [0.1, 0.15) is 40.2 Å². The number of aliphatic carboxylic acids is 1. The Labute approximate surface area is 389 Å². The van der Waals surface area contributed by atoms with Crippen molar-refractivity contribution in [3.05, 3.63) is 92.9 Å². The molecule has 0 fully saturated rings. The molecule has 0 spiro atoms. The van der Waals surface area contributed by atoms with Crippen molar-refractivity contribution >= 4 is 54.2 Å². The molecule has 5 N–H and O–H groups in total. The highest BCUT2D eigenvalue weighted by Gasteiger charge is 2.42. The number of carboxylic acid groups (broad SMARTS) is 1. The molecule has 66 heavy (non-hydrogen) atoms. The number of ether oxygens (including phenoxy) is 4. The normalized spacial score (nSPS) is 16.7. The zero-order valence-corrected chi connectivity index (χ0v) is 40.1. The summed E-state index contributed by atoms with van der Waals surface area (Å²) in [7, 11) is 1.51. The quantitative estimate of drug-likeness (QED) is 0.0384. The van der Waals surface area contributed by atoms with E-state index >= 15 is 0 Å². The third kappa shape index (κ3) is 15.5. The summed E-state index contributed by atoms with van der Waals surface area (Å²) in [6.07, 6.45) is 0.644. The topological polar surface area (TPSA) is 236 Å². The number of hydrogen-bond donors (Lipinski definition) is 4. The first kappa shape index (κ1) is 55.2. The Morgan fingerprint density at radius 2 is 1.71 bits per heavy atom. The highest BCUT2D eigenvalue weighted by Crippen LogP contribution is 2.46. The van der Waals surface area contributed by atoms with Crippen molar-refractivity contribution in [3.63, 3.8) is 0 Å². The van der Waals surface area contributed by atoms with E-state index in [2.05, 4.69) is 24.3 Å². The number of halogens is 5. The van der Waals surface area contributed by atoms with Gasteiger partial charge in [-0.3, -0.25) is 19.0 Å². The summed E-state index contributed by atoms with van der Waals surface area (Å²) in [5.41, 5.74) is 5.41. The molecule has 1 aromatic heterocycles. The van der Waals surface area contributed by atoms with Crippen LogP contribution in [0.5, 0.6) is 17.2 Å². The first-order valence-corrected chi connectivity index (χ1v) is 23.0. The van der Waals surface area contributed by atoms with Crippen LogP contribution in [0.3, 0.4) is 0 Å². The fraction of sp³-hybridized carbons (Fsp3) is 0.452. The first-order valence-electron chi connectivity index (χ1n) is 19.9. The van der Waals surface area contributed by atoms with Crippen LogP contribution in [0, 0.1) is 12.7 Å². The molecule has 1 aliphatic heterocycles. The molecule has 5 rings (SSSR count). The number of amides is 2. The number of hydrogen-bond acceptors (Lipinski definition) is 12. The highest BCUT2D eigenvalue weighted by atomic mass is 35.5. The van der Waals surface area contributed by atoms with E-state index in [1.165, 1.54) is 27.7 Å². The number of nitrogens with one attached hydrogen (secondary N) is 1. The molecule has 4 aromatic rings. The van der Waals surface area contributed by atoms with Gasteiger partial charge in [-0.1, -0.05) is 31.5 Å². The Morgan fingerprint density at radius 3 is 2.24 bits per heavy atom. The fourth-order valence-electron chi connectivity index (χ4n) is 6.29. The molecule has 4 atom stereocenters. The van der Waals surface area contributed by atoms with E-state index in [-0.39, 0.29) is 63.7 Å². The lowest BCUT2D eigenvalue weighted by Gasteiger charge is -2.43. The minimum Gasteiger partial charge on any atom is -0.480 e. The van der Waals surface area contributed by atoms with E-state index in [0.29, 0.717) is 21.9 Å². The maximum atomic E-state index is 14.2. The van der Waals surface area contributed by atoms with Crippen LogP contribution in [0.15, 0.2) is 59.4 Å². The molecule has 364 valence electrons. The van der Waals surface area contributed by atoms with Gasteiger partial charge in [0, 0.05) is 69.1 Å². The lowest BCUT2D eigenvalue weighted by molar-refractivity contribution is -0.172. The number of aryl methyl sites for hydroxylation is 1. The van der Waals surface area contributed by atoms with Crippen LogP contribution in [0.4, 0.5) is 23.7 Å². The van der Waals surface area contributed by atoms with Gasteiger partial charge in [-0.15, -0.1) is 16.7 Å². The number of methoxy groups -OCH3 is 1. The third-order valence-electron chi connectivity index (χ3n) is 9.74. The molecule has 18 nitrogen and oxygen atoms in total. The Hall–Kier alpha value is -5.15. The van der Waals surface area contributed by atoms with Crippen molar-refractivity contribution in [3.8, 4) is 22.9 Å². The predicted molar refractivity (Wildman–Crippen MR) is 240 cm³/mol. The van der Waals surface area contributed by atoms with Gasteiger partial charge in [0.05, 0.1) is 13.7 Å². The molecule has 0 saturated carbocycles. The second-order valence-corrected chi connectivity index (χ2v) is 19.1. The smallest absolute Gasteiger partial charge is 0.355 e. The molecular weight excluding hydrogens is 939 g/mol. The van der Waals surface area contributed by atoms with Crippen molar-refractivity contribution in [2.45, 2.75) is 83.1 Å². The number of hydroxylamine groups is 2. The van der Waals surface area contributed by atoms with Gasteiger partial charge in [-0.25, -0.2) is 23.6 Å². The summed E-state index contributed by atoms with van der Waals surface area (Å²) in [4.78, 5) is 59.3. The zero-order valence-electron chi connectivity index (χ0n) is 37.6. The lowest BCUT2D eigenvalue weighted by Crippen LogP contribution is -2.45. The van der Waals surface area contributed by atoms with Crippen LogP contribution in [0.1, 0.15) is 64.0 Å². The molecule has 3 aromatic carbocycles. The molecule has 1 aliphatic rings. The molecule has 0 aliphatic carbocycles.